The van der Waals surface area contributed by atoms with Gasteiger partial charge in [0, 0.05) is 12.1 Å². The van der Waals surface area contributed by atoms with Crippen molar-refractivity contribution in [3.63, 3.8) is 0 Å². The summed E-state index contributed by atoms with van der Waals surface area (Å²) in [6.45, 7) is 5.14. The van der Waals surface area contributed by atoms with Gasteiger partial charge in [-0.05, 0) is 46.1 Å². The van der Waals surface area contributed by atoms with E-state index in [1.807, 2.05) is 14.0 Å². The van der Waals surface area contributed by atoms with Crippen LogP contribution in [0.4, 0.5) is 0 Å². The molecule has 1 fully saturated rings. The van der Waals surface area contributed by atoms with E-state index in [2.05, 4.69) is 12.2 Å². The van der Waals surface area contributed by atoms with Gasteiger partial charge in [-0.15, -0.1) is 0 Å². The normalized spacial score (nSPS) is 23.1. The van der Waals surface area contributed by atoms with Gasteiger partial charge in [0.15, 0.2) is 0 Å². The summed E-state index contributed by atoms with van der Waals surface area (Å²) in [5, 5.41) is 12.3. The molecule has 0 amide bonds. The first kappa shape index (κ1) is 12.0. The van der Waals surface area contributed by atoms with Crippen LogP contribution in [0.25, 0.3) is 0 Å². The third-order valence-corrected chi connectivity index (χ3v) is 3.00. The first-order valence-corrected chi connectivity index (χ1v) is 5.51. The molecule has 1 saturated carbocycles. The summed E-state index contributed by atoms with van der Waals surface area (Å²) in [4.78, 5) is 0. The molecular formula is C11H23NO2. The molecule has 3 nitrogen and oxygen atoms in total. The molecular weight excluding hydrogens is 178 g/mol. The van der Waals surface area contributed by atoms with E-state index in [1.165, 1.54) is 12.8 Å². The van der Waals surface area contributed by atoms with E-state index in [1.54, 1.807) is 0 Å². The summed E-state index contributed by atoms with van der Waals surface area (Å²) in [5.41, 5.74) is -0.205. The molecule has 0 aromatic heterocycles. The molecule has 0 bridgehead atoms. The van der Waals surface area contributed by atoms with Crippen molar-refractivity contribution < 1.29 is 9.84 Å². The lowest BCUT2D eigenvalue weighted by atomic mass is 9.96. The van der Waals surface area contributed by atoms with E-state index < -0.39 is 0 Å². The van der Waals surface area contributed by atoms with E-state index >= 15 is 0 Å². The number of aliphatic hydroxyl groups excluding tert-OH is 1. The van der Waals surface area contributed by atoms with Crippen LogP contribution in [0.3, 0.4) is 0 Å². The smallest absolute Gasteiger partial charge is 0.0611 e. The number of hydrogen-bond donors (Lipinski definition) is 2. The number of likely N-dealkylation sites (N-methyl/N-ethyl adjacent to an activating group) is 1. The predicted molar refractivity (Wildman–Crippen MR) is 57.3 cm³/mol. The molecule has 2 N–H and O–H groups in total. The zero-order chi connectivity index (χ0) is 10.6. The van der Waals surface area contributed by atoms with Crippen LogP contribution in [0.1, 0.15) is 33.1 Å². The number of aliphatic hydroxyl groups is 1. The van der Waals surface area contributed by atoms with Gasteiger partial charge in [-0.1, -0.05) is 0 Å². The van der Waals surface area contributed by atoms with Gasteiger partial charge in [-0.3, -0.25) is 0 Å². The molecule has 0 aromatic rings. The van der Waals surface area contributed by atoms with Crippen LogP contribution in [-0.2, 0) is 4.74 Å². The molecule has 1 rings (SSSR count). The quantitative estimate of drug-likeness (QED) is 0.649. The zero-order valence-electron chi connectivity index (χ0n) is 9.55. The molecule has 1 aliphatic carbocycles. The SMILES string of the molecule is CNC(C)(CO)CC(C)OCC1CC1. The average Bonchev–Trinajstić information content (AvgIpc) is 2.98. The van der Waals surface area contributed by atoms with Crippen molar-refractivity contribution in [2.24, 2.45) is 5.92 Å². The van der Waals surface area contributed by atoms with Crippen molar-refractivity contribution in [3.8, 4) is 0 Å². The topological polar surface area (TPSA) is 41.5 Å². The van der Waals surface area contributed by atoms with Crippen LogP contribution < -0.4 is 5.32 Å². The van der Waals surface area contributed by atoms with Gasteiger partial charge in [-0.25, -0.2) is 0 Å². The highest BCUT2D eigenvalue weighted by Gasteiger charge is 2.26. The Labute approximate surface area is 86.8 Å². The minimum Gasteiger partial charge on any atom is -0.394 e. The monoisotopic (exact) mass is 201 g/mol. The van der Waals surface area contributed by atoms with E-state index in [4.69, 9.17) is 4.74 Å². The van der Waals surface area contributed by atoms with Gasteiger partial charge in [0.25, 0.3) is 0 Å². The zero-order valence-corrected chi connectivity index (χ0v) is 9.55. The summed E-state index contributed by atoms with van der Waals surface area (Å²) >= 11 is 0. The lowest BCUT2D eigenvalue weighted by molar-refractivity contribution is 0.0244. The molecule has 2 unspecified atom stereocenters. The Balaban J connectivity index is 2.18. The third-order valence-electron chi connectivity index (χ3n) is 3.00. The average molecular weight is 201 g/mol. The van der Waals surface area contributed by atoms with Crippen molar-refractivity contribution in [3.05, 3.63) is 0 Å². The second-order valence-corrected chi connectivity index (χ2v) is 4.76. The third kappa shape index (κ3) is 3.95. The van der Waals surface area contributed by atoms with Gasteiger partial charge >= 0.3 is 0 Å². The fourth-order valence-corrected chi connectivity index (χ4v) is 1.52. The molecule has 14 heavy (non-hydrogen) atoms. The summed E-state index contributed by atoms with van der Waals surface area (Å²) in [6, 6.07) is 0. The minimum absolute atomic E-state index is 0.153. The summed E-state index contributed by atoms with van der Waals surface area (Å²) in [6.07, 6.45) is 3.74. The number of hydrogen-bond acceptors (Lipinski definition) is 3. The number of rotatable bonds is 7. The van der Waals surface area contributed by atoms with Crippen LogP contribution in [-0.4, -0.2) is 37.0 Å². The molecule has 0 spiro atoms. The maximum absolute atomic E-state index is 9.21. The molecule has 0 heterocycles. The van der Waals surface area contributed by atoms with Crippen molar-refractivity contribution in [1.82, 2.24) is 5.32 Å². The van der Waals surface area contributed by atoms with Crippen LogP contribution in [0.15, 0.2) is 0 Å². The molecule has 0 saturated heterocycles. The predicted octanol–water partition coefficient (Wildman–Crippen LogP) is 1.16. The number of ether oxygens (including phenoxy) is 1. The fourth-order valence-electron chi connectivity index (χ4n) is 1.52. The van der Waals surface area contributed by atoms with Gasteiger partial charge in [-0.2, -0.15) is 0 Å². The number of nitrogens with one attached hydrogen (secondary N) is 1. The summed E-state index contributed by atoms with van der Waals surface area (Å²) in [5.74, 6) is 0.812. The minimum atomic E-state index is -0.205. The molecule has 0 aromatic carbocycles. The highest BCUT2D eigenvalue weighted by molar-refractivity contribution is 4.83. The van der Waals surface area contributed by atoms with Gasteiger partial charge < -0.3 is 15.2 Å². The Morgan fingerprint density at radius 2 is 2.21 bits per heavy atom. The van der Waals surface area contributed by atoms with Gasteiger partial charge in [0.1, 0.15) is 0 Å². The van der Waals surface area contributed by atoms with E-state index in [-0.39, 0.29) is 18.2 Å². The molecule has 1 aliphatic rings. The first-order valence-electron chi connectivity index (χ1n) is 5.51. The Hall–Kier alpha value is -0.120. The molecule has 2 atom stereocenters. The lowest BCUT2D eigenvalue weighted by Crippen LogP contribution is -2.46. The van der Waals surface area contributed by atoms with Crippen molar-refractivity contribution in [2.45, 2.75) is 44.8 Å². The maximum Gasteiger partial charge on any atom is 0.0611 e. The largest absolute Gasteiger partial charge is 0.394 e. The Kier molecular flexibility index (Phi) is 4.35. The molecule has 3 heteroatoms. The van der Waals surface area contributed by atoms with E-state index in [9.17, 15) is 5.11 Å². The first-order chi connectivity index (χ1) is 6.59. The van der Waals surface area contributed by atoms with E-state index in [0.29, 0.717) is 0 Å². The lowest BCUT2D eigenvalue weighted by Gasteiger charge is -2.29. The fraction of sp³-hybridized carbons (Fsp3) is 1.00. The van der Waals surface area contributed by atoms with Crippen molar-refractivity contribution in [1.29, 1.82) is 0 Å². The summed E-state index contributed by atoms with van der Waals surface area (Å²) in [7, 11) is 1.88. The van der Waals surface area contributed by atoms with Crippen LogP contribution in [0.5, 0.6) is 0 Å². The van der Waals surface area contributed by atoms with Gasteiger partial charge in [0.2, 0.25) is 0 Å². The second-order valence-electron chi connectivity index (χ2n) is 4.76. The van der Waals surface area contributed by atoms with Crippen LogP contribution in [0, 0.1) is 5.92 Å². The van der Waals surface area contributed by atoms with Crippen LogP contribution >= 0.6 is 0 Å². The van der Waals surface area contributed by atoms with Crippen molar-refractivity contribution in [2.75, 3.05) is 20.3 Å². The Bertz CT molecular complexity index is 165. The van der Waals surface area contributed by atoms with Gasteiger partial charge in [0.05, 0.1) is 12.7 Å². The standard InChI is InChI=1S/C11H23NO2/c1-9(14-7-10-4-5-10)6-11(2,8-13)12-3/h9-10,12-13H,4-8H2,1-3H3. The molecule has 0 aliphatic heterocycles. The van der Waals surface area contributed by atoms with Crippen molar-refractivity contribution >= 4 is 0 Å². The molecule has 84 valence electrons. The summed E-state index contributed by atoms with van der Waals surface area (Å²) < 4.78 is 5.71. The molecule has 0 radical (unpaired) electrons. The Morgan fingerprint density at radius 3 is 2.64 bits per heavy atom. The van der Waals surface area contributed by atoms with E-state index in [0.717, 1.165) is 18.9 Å². The second kappa shape index (κ2) is 5.10. The Morgan fingerprint density at radius 1 is 1.57 bits per heavy atom. The van der Waals surface area contributed by atoms with Crippen LogP contribution in [0.2, 0.25) is 0 Å². The highest BCUT2D eigenvalue weighted by atomic mass is 16.5. The highest BCUT2D eigenvalue weighted by Crippen LogP contribution is 2.29. The maximum atomic E-state index is 9.21.